The first-order valence-corrected chi connectivity index (χ1v) is 12.9. The second kappa shape index (κ2) is 8.40. The van der Waals surface area contributed by atoms with E-state index in [-0.39, 0.29) is 24.8 Å². The van der Waals surface area contributed by atoms with Gasteiger partial charge in [0.05, 0.1) is 0 Å². The third-order valence-corrected chi connectivity index (χ3v) is 12.0. The molecule has 0 heterocycles. The summed E-state index contributed by atoms with van der Waals surface area (Å²) in [6, 6.07) is 8.92. The van der Waals surface area contributed by atoms with Gasteiger partial charge in [-0.2, -0.15) is 0 Å². The Hall–Kier alpha value is -1.27. The van der Waals surface area contributed by atoms with Crippen molar-refractivity contribution in [2.75, 3.05) is 0 Å². The topological polar surface area (TPSA) is 0 Å². The molecular formula is C24H20Cl2Zr. The first-order chi connectivity index (χ1) is 12.4. The Labute approximate surface area is 180 Å². The molecule has 0 spiro atoms. The largest absolute Gasteiger partial charge is 1.00 e. The second-order valence-electron chi connectivity index (χ2n) is 6.80. The summed E-state index contributed by atoms with van der Waals surface area (Å²) in [6.07, 6.45) is 20.8. The smallest absolute Gasteiger partial charge is 1.00 e. The summed E-state index contributed by atoms with van der Waals surface area (Å²) in [7, 11) is 0. The molecule has 0 radical (unpaired) electrons. The summed E-state index contributed by atoms with van der Waals surface area (Å²) in [5.41, 5.74) is 3.11. The van der Waals surface area contributed by atoms with Crippen molar-refractivity contribution in [1.29, 1.82) is 0 Å². The van der Waals surface area contributed by atoms with Gasteiger partial charge in [0.15, 0.2) is 0 Å². The van der Waals surface area contributed by atoms with Crippen molar-refractivity contribution in [1.82, 2.24) is 0 Å². The minimum atomic E-state index is -1.90. The minimum absolute atomic E-state index is 0. The zero-order valence-corrected chi connectivity index (χ0v) is 19.1. The van der Waals surface area contributed by atoms with Crippen LogP contribution in [0, 0.1) is 0 Å². The van der Waals surface area contributed by atoms with Crippen LogP contribution >= 0.6 is 0 Å². The summed E-state index contributed by atoms with van der Waals surface area (Å²) in [6.45, 7) is 2.28. The molecule has 0 aromatic heterocycles. The Balaban J connectivity index is 0.00000105. The van der Waals surface area contributed by atoms with Gasteiger partial charge < -0.3 is 24.8 Å². The Morgan fingerprint density at radius 1 is 0.815 bits per heavy atom. The molecule has 0 amide bonds. The fourth-order valence-electron chi connectivity index (χ4n) is 4.42. The number of benzene rings is 2. The van der Waals surface area contributed by atoms with Gasteiger partial charge in [0.25, 0.3) is 0 Å². The maximum Gasteiger partial charge on any atom is -1.00 e. The summed E-state index contributed by atoms with van der Waals surface area (Å²) >= 11 is -1.90. The van der Waals surface area contributed by atoms with Gasteiger partial charge in [0.1, 0.15) is 0 Å². The van der Waals surface area contributed by atoms with Crippen LogP contribution in [-0.4, -0.2) is 3.71 Å². The predicted octanol–water partition coefficient (Wildman–Crippen LogP) is -1.84. The molecule has 5 rings (SSSR count). The van der Waals surface area contributed by atoms with E-state index in [1.165, 1.54) is 21.2 Å². The number of halogens is 2. The molecule has 0 fully saturated rings. The zero-order valence-electron chi connectivity index (χ0n) is 15.2. The van der Waals surface area contributed by atoms with Crippen molar-refractivity contribution in [3.05, 3.63) is 85.6 Å². The Bertz CT molecular complexity index is 1190. The molecule has 0 N–H and O–H groups in total. The van der Waals surface area contributed by atoms with Gasteiger partial charge in [0.2, 0.25) is 0 Å². The molecule has 0 unspecified atom stereocenters. The monoisotopic (exact) mass is 468 g/mol. The van der Waals surface area contributed by atoms with Gasteiger partial charge in [-0.05, 0) is 0 Å². The van der Waals surface area contributed by atoms with Crippen LogP contribution in [0.1, 0.15) is 24.5 Å². The predicted molar refractivity (Wildman–Crippen MR) is 107 cm³/mol. The summed E-state index contributed by atoms with van der Waals surface area (Å²) in [5, 5.41) is 5.71. The standard InChI is InChI=1S/C17H11.C5H5.C2H4.2ClH.Zr/c1-3-8-14-12(6-1)13-7-2-4-9-15(13)17-11-5-10-16(14)17;1-2-4-5-3-1;1-2;;;/h1-8,10H,9H2;1-3H,4H2;1H,2H3;2*1H;/q;;;;;+2/p-2. The molecule has 0 bridgehead atoms. The third-order valence-electron chi connectivity index (χ3n) is 5.51. The molecule has 0 saturated heterocycles. The van der Waals surface area contributed by atoms with E-state index >= 15 is 0 Å². The van der Waals surface area contributed by atoms with Crippen molar-refractivity contribution >= 4 is 29.9 Å². The average molecular weight is 471 g/mol. The van der Waals surface area contributed by atoms with Crippen LogP contribution in [0.2, 0.25) is 0 Å². The summed E-state index contributed by atoms with van der Waals surface area (Å²) in [5.74, 6) is 0. The molecule has 27 heavy (non-hydrogen) atoms. The van der Waals surface area contributed by atoms with Crippen molar-refractivity contribution < 1.29 is 46.1 Å². The van der Waals surface area contributed by atoms with Crippen molar-refractivity contribution in [3.63, 3.8) is 0 Å². The van der Waals surface area contributed by atoms with E-state index in [4.69, 9.17) is 0 Å². The second-order valence-corrected chi connectivity index (χ2v) is 13.2. The number of allylic oxidation sites excluding steroid dienone is 7. The molecule has 3 heteroatoms. The van der Waals surface area contributed by atoms with Gasteiger partial charge >= 0.3 is 157 Å². The molecule has 0 atom stereocenters. The van der Waals surface area contributed by atoms with E-state index < -0.39 is 21.3 Å². The SMILES string of the molecule is C/[CH]=[Zr+2](\[C]1=CC=CC1)[C]1=CC=c2c1c1c(c3ccccc23)=CC=CC1.[Cl-].[Cl-]. The quantitative estimate of drug-likeness (QED) is 0.484. The molecular weight excluding hydrogens is 450 g/mol. The van der Waals surface area contributed by atoms with Gasteiger partial charge in [-0.25, -0.2) is 0 Å². The van der Waals surface area contributed by atoms with Crippen LogP contribution in [-0.2, 0) is 27.7 Å². The van der Waals surface area contributed by atoms with E-state index in [1.807, 2.05) is 0 Å². The first-order valence-electron chi connectivity index (χ1n) is 9.04. The van der Waals surface area contributed by atoms with Crippen molar-refractivity contribution in [3.8, 4) is 0 Å². The minimum Gasteiger partial charge on any atom is -1.00 e. The molecule has 0 saturated carbocycles. The van der Waals surface area contributed by atoms with Gasteiger partial charge in [-0.1, -0.05) is 0 Å². The molecule has 3 aliphatic carbocycles. The number of hydrogen-bond donors (Lipinski definition) is 0. The fourth-order valence-corrected chi connectivity index (χ4v) is 10.5. The first kappa shape index (κ1) is 20.5. The van der Waals surface area contributed by atoms with Crippen molar-refractivity contribution in [2.45, 2.75) is 19.8 Å². The van der Waals surface area contributed by atoms with Gasteiger partial charge in [0, 0.05) is 0 Å². The van der Waals surface area contributed by atoms with Crippen molar-refractivity contribution in [2.24, 2.45) is 0 Å². The Kier molecular flexibility index (Phi) is 6.36. The van der Waals surface area contributed by atoms with E-state index in [0.29, 0.717) is 0 Å². The zero-order chi connectivity index (χ0) is 16.8. The van der Waals surface area contributed by atoms with Crippen LogP contribution < -0.4 is 35.3 Å². The Morgan fingerprint density at radius 3 is 2.22 bits per heavy atom. The number of fused-ring (bicyclic) bond motifs is 6. The van der Waals surface area contributed by atoms with E-state index in [9.17, 15) is 0 Å². The van der Waals surface area contributed by atoms with Crippen LogP contribution in [0.25, 0.3) is 26.2 Å². The van der Waals surface area contributed by atoms with E-state index in [0.717, 1.165) is 12.8 Å². The van der Waals surface area contributed by atoms with Crippen LogP contribution in [0.15, 0.2) is 64.0 Å². The molecule has 2 aromatic rings. The van der Waals surface area contributed by atoms with Gasteiger partial charge in [-0.15, -0.1) is 0 Å². The van der Waals surface area contributed by atoms with E-state index in [2.05, 4.69) is 83.5 Å². The average Bonchev–Trinajstić information content (AvgIpc) is 3.34. The van der Waals surface area contributed by atoms with Gasteiger partial charge in [-0.3, -0.25) is 0 Å². The van der Waals surface area contributed by atoms with Crippen LogP contribution in [0.3, 0.4) is 0 Å². The molecule has 0 nitrogen and oxygen atoms in total. The molecule has 3 aliphatic rings. The fraction of sp³-hybridized carbons (Fsp3) is 0.125. The molecule has 2 aromatic carbocycles. The maximum atomic E-state index is 2.56. The van der Waals surface area contributed by atoms with Crippen LogP contribution in [0.4, 0.5) is 0 Å². The third kappa shape index (κ3) is 3.25. The molecule has 0 aliphatic heterocycles. The summed E-state index contributed by atoms with van der Waals surface area (Å²) < 4.78 is 5.93. The van der Waals surface area contributed by atoms with Crippen LogP contribution in [0.5, 0.6) is 0 Å². The maximum absolute atomic E-state index is 2.56. The van der Waals surface area contributed by atoms with E-state index in [1.54, 1.807) is 17.7 Å². The Morgan fingerprint density at radius 2 is 1.52 bits per heavy atom. The summed E-state index contributed by atoms with van der Waals surface area (Å²) in [4.78, 5) is 0. The number of hydrogen-bond acceptors (Lipinski definition) is 0. The normalized spacial score (nSPS) is 15.7. The number of rotatable bonds is 2. The molecule has 134 valence electrons.